The Morgan fingerprint density at radius 3 is 1.82 bits per heavy atom. The zero-order valence-electron chi connectivity index (χ0n) is 12.0. The molecule has 1 rings (SSSR count). The van der Waals surface area contributed by atoms with Crippen LogP contribution >= 0.6 is 0 Å². The summed E-state index contributed by atoms with van der Waals surface area (Å²) >= 11 is 0. The Balaban J connectivity index is 0. The standard InChI is InChI=1S/C9H11NO2.C3H8.C2H6/c1-4-6-7(5-2)10(3)9(12)8(6)11;1-3-2;1-2/h4H,1,5H2,2-3H3;3H2,1-2H3;1-2H3. The highest BCUT2D eigenvalue weighted by Crippen LogP contribution is 2.22. The first-order valence-corrected chi connectivity index (χ1v) is 6.22. The Bertz CT molecular complexity index is 303. The van der Waals surface area contributed by atoms with Crippen molar-refractivity contribution in [2.75, 3.05) is 7.05 Å². The summed E-state index contributed by atoms with van der Waals surface area (Å²) in [6, 6.07) is 0. The van der Waals surface area contributed by atoms with Gasteiger partial charge in [0, 0.05) is 18.3 Å². The Morgan fingerprint density at radius 1 is 1.18 bits per heavy atom. The maximum atomic E-state index is 11.2. The zero-order valence-corrected chi connectivity index (χ0v) is 12.0. The van der Waals surface area contributed by atoms with E-state index in [0.29, 0.717) is 12.0 Å². The van der Waals surface area contributed by atoms with Crippen LogP contribution in [0.4, 0.5) is 0 Å². The summed E-state index contributed by atoms with van der Waals surface area (Å²) in [5, 5.41) is 0. The van der Waals surface area contributed by atoms with Gasteiger partial charge in [0.15, 0.2) is 0 Å². The fraction of sp³-hybridized carbons (Fsp3) is 0.571. The predicted molar refractivity (Wildman–Crippen MR) is 72.6 cm³/mol. The highest BCUT2D eigenvalue weighted by molar-refractivity contribution is 6.46. The number of nitrogens with zero attached hydrogens (tertiary/aromatic N) is 1. The topological polar surface area (TPSA) is 37.4 Å². The minimum absolute atomic E-state index is 0.440. The van der Waals surface area contributed by atoms with Crippen LogP contribution in [0.25, 0.3) is 0 Å². The summed E-state index contributed by atoms with van der Waals surface area (Å²) in [5.74, 6) is -0.897. The third-order valence-electron chi connectivity index (χ3n) is 2.00. The number of hydrogen-bond acceptors (Lipinski definition) is 2. The molecule has 0 aromatic rings. The lowest BCUT2D eigenvalue weighted by Gasteiger charge is -2.10. The molecule has 1 aliphatic rings. The molecule has 1 aliphatic heterocycles. The fourth-order valence-electron chi connectivity index (χ4n) is 1.34. The largest absolute Gasteiger partial charge is 0.312 e. The monoisotopic (exact) mass is 239 g/mol. The minimum atomic E-state index is -0.457. The highest BCUT2D eigenvalue weighted by atomic mass is 16.2. The summed E-state index contributed by atoms with van der Waals surface area (Å²) < 4.78 is 0. The highest BCUT2D eigenvalue weighted by Gasteiger charge is 2.32. The van der Waals surface area contributed by atoms with E-state index in [2.05, 4.69) is 20.4 Å². The third-order valence-corrected chi connectivity index (χ3v) is 2.00. The lowest BCUT2D eigenvalue weighted by molar-refractivity contribution is -0.138. The van der Waals surface area contributed by atoms with Gasteiger partial charge in [-0.25, -0.2) is 0 Å². The summed E-state index contributed by atoms with van der Waals surface area (Å²) in [6.07, 6.45) is 3.37. The van der Waals surface area contributed by atoms with Crippen molar-refractivity contribution < 1.29 is 9.59 Å². The Hall–Kier alpha value is -1.38. The van der Waals surface area contributed by atoms with Gasteiger partial charge < -0.3 is 4.90 Å². The van der Waals surface area contributed by atoms with Gasteiger partial charge in [-0.1, -0.05) is 53.7 Å². The van der Waals surface area contributed by atoms with E-state index < -0.39 is 11.7 Å². The third kappa shape index (κ3) is 4.55. The van der Waals surface area contributed by atoms with Crippen molar-refractivity contribution in [3.8, 4) is 0 Å². The minimum Gasteiger partial charge on any atom is -0.312 e. The maximum Gasteiger partial charge on any atom is 0.298 e. The number of ketones is 1. The van der Waals surface area contributed by atoms with E-state index in [1.165, 1.54) is 17.4 Å². The molecule has 0 atom stereocenters. The van der Waals surface area contributed by atoms with Crippen molar-refractivity contribution in [2.24, 2.45) is 0 Å². The van der Waals surface area contributed by atoms with Gasteiger partial charge in [-0.2, -0.15) is 0 Å². The van der Waals surface area contributed by atoms with Gasteiger partial charge in [0.05, 0.1) is 0 Å². The van der Waals surface area contributed by atoms with E-state index in [1.807, 2.05) is 20.8 Å². The van der Waals surface area contributed by atoms with Gasteiger partial charge in [-0.3, -0.25) is 9.59 Å². The molecular weight excluding hydrogens is 214 g/mol. The van der Waals surface area contributed by atoms with E-state index in [0.717, 1.165) is 5.70 Å². The smallest absolute Gasteiger partial charge is 0.298 e. The molecule has 0 bridgehead atoms. The zero-order chi connectivity index (χ0) is 14.0. The molecule has 0 aromatic heterocycles. The first-order chi connectivity index (χ1) is 8.04. The van der Waals surface area contributed by atoms with Crippen LogP contribution in [0.2, 0.25) is 0 Å². The molecular formula is C14H25NO2. The second-order valence-corrected chi connectivity index (χ2v) is 3.32. The number of carbonyl (C=O) groups is 2. The van der Waals surface area contributed by atoms with E-state index in [9.17, 15) is 9.59 Å². The van der Waals surface area contributed by atoms with Crippen LogP contribution < -0.4 is 0 Å². The molecule has 0 unspecified atom stereocenters. The van der Waals surface area contributed by atoms with Crippen molar-refractivity contribution in [2.45, 2.75) is 47.5 Å². The molecule has 0 spiro atoms. The first kappa shape index (κ1) is 18.0. The second kappa shape index (κ2) is 9.82. The fourth-order valence-corrected chi connectivity index (χ4v) is 1.34. The molecule has 1 amide bonds. The number of Topliss-reactive ketones (excluding diaryl/α,β-unsaturated/α-hetero) is 1. The van der Waals surface area contributed by atoms with Gasteiger partial charge >= 0.3 is 0 Å². The Labute approximate surface area is 105 Å². The quantitative estimate of drug-likeness (QED) is 0.693. The average Bonchev–Trinajstić information content (AvgIpc) is 2.56. The molecule has 0 aliphatic carbocycles. The van der Waals surface area contributed by atoms with Crippen LogP contribution in [-0.4, -0.2) is 23.6 Å². The average molecular weight is 239 g/mol. The summed E-state index contributed by atoms with van der Waals surface area (Å²) in [7, 11) is 1.61. The summed E-state index contributed by atoms with van der Waals surface area (Å²) in [5.41, 5.74) is 1.21. The predicted octanol–water partition coefficient (Wildman–Crippen LogP) is 3.32. The normalized spacial score (nSPS) is 13.9. The number of carbonyl (C=O) groups excluding carboxylic acids is 2. The van der Waals surface area contributed by atoms with Crippen molar-refractivity contribution in [3.63, 3.8) is 0 Å². The SMILES string of the molecule is C=CC1=C(CC)N(C)C(=O)C1=O.CC.CCC. The second-order valence-electron chi connectivity index (χ2n) is 3.32. The summed E-state index contributed by atoms with van der Waals surface area (Å²) in [6.45, 7) is 13.7. The molecule has 98 valence electrons. The number of amides is 1. The van der Waals surface area contributed by atoms with Crippen molar-refractivity contribution in [3.05, 3.63) is 23.9 Å². The molecule has 0 N–H and O–H groups in total. The van der Waals surface area contributed by atoms with E-state index in [-0.39, 0.29) is 0 Å². The molecule has 0 fully saturated rings. The number of rotatable bonds is 2. The molecule has 3 heteroatoms. The number of hydrogen-bond donors (Lipinski definition) is 0. The Morgan fingerprint density at radius 2 is 1.59 bits per heavy atom. The molecule has 0 radical (unpaired) electrons. The molecule has 17 heavy (non-hydrogen) atoms. The van der Waals surface area contributed by atoms with E-state index in [4.69, 9.17) is 0 Å². The molecule has 1 heterocycles. The Kier molecular flexibility index (Phi) is 10.4. The number of likely N-dealkylation sites (N-methyl/N-ethyl adjacent to an activating group) is 1. The van der Waals surface area contributed by atoms with Crippen molar-refractivity contribution >= 4 is 11.7 Å². The van der Waals surface area contributed by atoms with Crippen LogP contribution in [0.3, 0.4) is 0 Å². The van der Waals surface area contributed by atoms with E-state index >= 15 is 0 Å². The van der Waals surface area contributed by atoms with Crippen LogP contribution in [0.5, 0.6) is 0 Å². The van der Waals surface area contributed by atoms with Crippen LogP contribution in [-0.2, 0) is 9.59 Å². The van der Waals surface area contributed by atoms with E-state index in [1.54, 1.807) is 7.05 Å². The molecule has 3 nitrogen and oxygen atoms in total. The van der Waals surface area contributed by atoms with Gasteiger partial charge in [0.2, 0.25) is 0 Å². The number of allylic oxidation sites excluding steroid dienone is 2. The summed E-state index contributed by atoms with van der Waals surface area (Å²) in [4.78, 5) is 23.7. The molecule has 0 aromatic carbocycles. The van der Waals surface area contributed by atoms with Gasteiger partial charge in [0.1, 0.15) is 0 Å². The van der Waals surface area contributed by atoms with Crippen LogP contribution in [0, 0.1) is 0 Å². The first-order valence-electron chi connectivity index (χ1n) is 6.22. The maximum absolute atomic E-state index is 11.2. The van der Waals surface area contributed by atoms with Gasteiger partial charge in [-0.05, 0) is 6.42 Å². The van der Waals surface area contributed by atoms with Crippen molar-refractivity contribution in [1.29, 1.82) is 0 Å². The van der Waals surface area contributed by atoms with Crippen LogP contribution in [0.1, 0.15) is 47.5 Å². The van der Waals surface area contributed by atoms with Gasteiger partial charge in [-0.15, -0.1) is 0 Å². The van der Waals surface area contributed by atoms with Gasteiger partial charge in [0.25, 0.3) is 11.7 Å². The van der Waals surface area contributed by atoms with Crippen molar-refractivity contribution in [1.82, 2.24) is 4.90 Å². The lowest BCUT2D eigenvalue weighted by atomic mass is 10.1. The van der Waals surface area contributed by atoms with Crippen LogP contribution in [0.15, 0.2) is 23.9 Å². The molecule has 0 saturated heterocycles. The molecule has 0 saturated carbocycles. The lowest BCUT2D eigenvalue weighted by Crippen LogP contribution is -2.24.